The van der Waals surface area contributed by atoms with Crippen LogP contribution in [0.3, 0.4) is 0 Å². The molecule has 3 heterocycles. The summed E-state index contributed by atoms with van der Waals surface area (Å²) < 4.78 is 7.33. The highest BCUT2D eigenvalue weighted by Gasteiger charge is 2.34. The average Bonchev–Trinajstić information content (AvgIpc) is 3.68. The number of nitrogens with zero attached hydrogens (tertiary/aromatic N) is 5. The molecular formula is C36H32Cl2N6O5S2. The van der Waals surface area contributed by atoms with E-state index in [0.717, 1.165) is 29.3 Å². The van der Waals surface area contributed by atoms with Crippen molar-refractivity contribution < 1.29 is 14.5 Å². The Balaban J connectivity index is 1.40. The van der Waals surface area contributed by atoms with Gasteiger partial charge >= 0.3 is 5.97 Å². The van der Waals surface area contributed by atoms with E-state index in [1.807, 2.05) is 31.2 Å². The van der Waals surface area contributed by atoms with Crippen molar-refractivity contribution in [2.45, 2.75) is 62.5 Å². The van der Waals surface area contributed by atoms with Gasteiger partial charge in [0.1, 0.15) is 0 Å². The summed E-state index contributed by atoms with van der Waals surface area (Å²) in [6.45, 7) is 8.10. The summed E-state index contributed by atoms with van der Waals surface area (Å²) in [6, 6.07) is 16.8. The third-order valence-electron chi connectivity index (χ3n) is 8.14. The molecule has 1 atom stereocenters. The van der Waals surface area contributed by atoms with Crippen molar-refractivity contribution in [2.24, 2.45) is 4.99 Å². The fraction of sp³-hybridized carbons (Fsp3) is 0.250. The Kier molecular flexibility index (Phi) is 10.9. The predicted octanol–water partition coefficient (Wildman–Crippen LogP) is 7.85. The second-order valence-corrected chi connectivity index (χ2v) is 14.8. The summed E-state index contributed by atoms with van der Waals surface area (Å²) in [7, 11) is 0. The molecule has 6 rings (SSSR count). The molecule has 0 radical (unpaired) electrons. The second kappa shape index (κ2) is 15.4. The van der Waals surface area contributed by atoms with Gasteiger partial charge in [-0.2, -0.15) is 0 Å². The summed E-state index contributed by atoms with van der Waals surface area (Å²) in [5, 5.41) is 20.4. The SMILES string of the molecule is CCCC1=C(C(=O)OCC)[C@@H](c2ccc(C(C)C)cc2)n2c(s/c(=C/c3ccc(Sc4n[nH]c(-c5ccc(Cl)cc5Cl)n4)c([N+](=O)[O-])c3)c2=O)=N1. The number of allylic oxidation sites excluding steroid dienone is 1. The molecular weight excluding hydrogens is 731 g/mol. The third-order valence-corrected chi connectivity index (χ3v) is 10.6. The van der Waals surface area contributed by atoms with E-state index in [4.69, 9.17) is 32.9 Å². The standard InChI is InChI=1S/C36H32Cl2N6O5S2/c1-5-7-26-30(34(46)49-6-2)31(22-11-9-21(10-12-22)19(3)4)43-33(45)29(51-36(43)39-26)17-20-8-15-28(27(16-20)44(47)48)50-35-40-32(41-42-35)24-14-13-23(37)18-25(24)38/h8-19,31H,5-7H2,1-4H3,(H,40,41,42)/b29-17+/t31-/m1/s1. The van der Waals surface area contributed by atoms with Gasteiger partial charge in [-0.15, -0.1) is 5.10 Å². The molecule has 0 unspecified atom stereocenters. The Morgan fingerprint density at radius 1 is 1.14 bits per heavy atom. The molecule has 15 heteroatoms. The zero-order valence-corrected chi connectivity index (χ0v) is 31.1. The maximum atomic E-state index is 14.2. The van der Waals surface area contributed by atoms with Gasteiger partial charge in [0.25, 0.3) is 11.2 Å². The molecule has 0 saturated heterocycles. The molecule has 0 fully saturated rings. The number of thiazole rings is 1. The zero-order chi connectivity index (χ0) is 36.4. The van der Waals surface area contributed by atoms with Gasteiger partial charge in [0.05, 0.1) is 43.3 Å². The molecule has 0 spiro atoms. The number of aromatic amines is 1. The van der Waals surface area contributed by atoms with Gasteiger partial charge in [-0.05, 0) is 78.1 Å². The Morgan fingerprint density at radius 2 is 1.90 bits per heavy atom. The molecule has 0 amide bonds. The fourth-order valence-corrected chi connectivity index (χ4v) is 8.01. The maximum Gasteiger partial charge on any atom is 0.338 e. The lowest BCUT2D eigenvalue weighted by atomic mass is 9.92. The van der Waals surface area contributed by atoms with E-state index in [1.165, 1.54) is 22.0 Å². The minimum Gasteiger partial charge on any atom is -0.463 e. The number of esters is 1. The average molecular weight is 764 g/mol. The largest absolute Gasteiger partial charge is 0.463 e. The first-order valence-corrected chi connectivity index (χ1v) is 18.5. The van der Waals surface area contributed by atoms with Gasteiger partial charge in [0, 0.05) is 16.7 Å². The topological polar surface area (TPSA) is 145 Å². The van der Waals surface area contributed by atoms with E-state index in [2.05, 4.69) is 29.0 Å². The highest BCUT2D eigenvalue weighted by atomic mass is 35.5. The Hall–Kier alpha value is -4.56. The van der Waals surface area contributed by atoms with Crippen LogP contribution in [-0.2, 0) is 9.53 Å². The van der Waals surface area contributed by atoms with Gasteiger partial charge in [-0.3, -0.25) is 24.6 Å². The van der Waals surface area contributed by atoms with Crippen molar-refractivity contribution in [1.29, 1.82) is 0 Å². The van der Waals surface area contributed by atoms with Crippen LogP contribution in [0.15, 0.2) is 91.8 Å². The first-order chi connectivity index (χ1) is 24.5. The van der Waals surface area contributed by atoms with E-state index >= 15 is 0 Å². The number of fused-ring (bicyclic) bond motifs is 1. The Morgan fingerprint density at radius 3 is 2.57 bits per heavy atom. The molecule has 262 valence electrons. The van der Waals surface area contributed by atoms with Gasteiger partial charge in [-0.1, -0.05) is 92.1 Å². The fourth-order valence-electron chi connectivity index (χ4n) is 5.70. The number of carbonyl (C=O) groups is 1. The number of hydrogen-bond acceptors (Lipinski definition) is 10. The Labute approximate surface area is 310 Å². The van der Waals surface area contributed by atoms with Crippen LogP contribution in [0.2, 0.25) is 10.0 Å². The number of ether oxygens (including phenoxy) is 1. The second-order valence-electron chi connectivity index (χ2n) is 11.9. The van der Waals surface area contributed by atoms with Crippen LogP contribution >= 0.6 is 46.3 Å². The summed E-state index contributed by atoms with van der Waals surface area (Å²) in [6.07, 6.45) is 2.85. The number of aromatic nitrogens is 4. The number of hydrogen-bond donors (Lipinski definition) is 1. The molecule has 1 N–H and O–H groups in total. The van der Waals surface area contributed by atoms with Crippen molar-refractivity contribution in [1.82, 2.24) is 19.7 Å². The number of nitro benzene ring substituents is 1. The monoisotopic (exact) mass is 762 g/mol. The van der Waals surface area contributed by atoms with E-state index in [9.17, 15) is 19.7 Å². The molecule has 0 saturated carbocycles. The number of halogens is 2. The normalized spacial score (nSPS) is 14.5. The van der Waals surface area contributed by atoms with Crippen LogP contribution in [0.5, 0.6) is 0 Å². The van der Waals surface area contributed by atoms with Crippen LogP contribution < -0.4 is 14.9 Å². The lowest BCUT2D eigenvalue weighted by Crippen LogP contribution is -2.40. The number of benzene rings is 3. The lowest BCUT2D eigenvalue weighted by molar-refractivity contribution is -0.387. The van der Waals surface area contributed by atoms with Gasteiger partial charge in [-0.25, -0.2) is 14.8 Å². The minimum absolute atomic E-state index is 0.173. The number of nitrogens with one attached hydrogen (secondary N) is 1. The molecule has 2 aromatic heterocycles. The third kappa shape index (κ3) is 7.57. The van der Waals surface area contributed by atoms with Crippen LogP contribution in [0.1, 0.15) is 69.2 Å². The molecule has 0 bridgehead atoms. The minimum atomic E-state index is -0.757. The predicted molar refractivity (Wildman–Crippen MR) is 199 cm³/mol. The quantitative estimate of drug-likeness (QED) is 0.0814. The van der Waals surface area contributed by atoms with Crippen molar-refractivity contribution in [3.05, 3.63) is 128 Å². The highest BCUT2D eigenvalue weighted by Crippen LogP contribution is 2.36. The van der Waals surface area contributed by atoms with Crippen LogP contribution in [-0.4, -0.2) is 37.2 Å². The number of rotatable bonds is 11. The highest BCUT2D eigenvalue weighted by molar-refractivity contribution is 7.99. The Bertz CT molecular complexity index is 2370. The summed E-state index contributed by atoms with van der Waals surface area (Å²) in [5.41, 5.74) is 3.25. The van der Waals surface area contributed by atoms with Crippen molar-refractivity contribution in [2.75, 3.05) is 6.61 Å². The lowest BCUT2D eigenvalue weighted by Gasteiger charge is -2.26. The van der Waals surface area contributed by atoms with E-state index in [1.54, 1.807) is 43.3 Å². The summed E-state index contributed by atoms with van der Waals surface area (Å²) in [5.74, 6) is 0.165. The van der Waals surface area contributed by atoms with Gasteiger partial charge < -0.3 is 4.74 Å². The van der Waals surface area contributed by atoms with Gasteiger partial charge in [0.15, 0.2) is 10.6 Å². The van der Waals surface area contributed by atoms with E-state index in [0.29, 0.717) is 64.8 Å². The molecule has 1 aliphatic rings. The van der Waals surface area contributed by atoms with Crippen molar-refractivity contribution >= 4 is 64.0 Å². The zero-order valence-electron chi connectivity index (χ0n) is 28.0. The number of nitro groups is 1. The molecule has 1 aliphatic heterocycles. The molecule has 51 heavy (non-hydrogen) atoms. The molecule has 5 aromatic rings. The molecule has 0 aliphatic carbocycles. The number of H-pyrrole nitrogens is 1. The smallest absolute Gasteiger partial charge is 0.338 e. The van der Waals surface area contributed by atoms with Crippen LogP contribution in [0.4, 0.5) is 5.69 Å². The van der Waals surface area contributed by atoms with Crippen molar-refractivity contribution in [3.63, 3.8) is 0 Å². The van der Waals surface area contributed by atoms with E-state index < -0.39 is 16.9 Å². The van der Waals surface area contributed by atoms with E-state index in [-0.39, 0.29) is 23.0 Å². The maximum absolute atomic E-state index is 14.2. The summed E-state index contributed by atoms with van der Waals surface area (Å²) >= 11 is 14.5. The van der Waals surface area contributed by atoms with Crippen LogP contribution in [0, 0.1) is 10.1 Å². The summed E-state index contributed by atoms with van der Waals surface area (Å²) in [4.78, 5) is 49.4. The first-order valence-electron chi connectivity index (χ1n) is 16.1. The van der Waals surface area contributed by atoms with Crippen molar-refractivity contribution in [3.8, 4) is 11.4 Å². The molecule has 3 aromatic carbocycles. The molecule has 11 nitrogen and oxygen atoms in total. The van der Waals surface area contributed by atoms with Crippen LogP contribution in [0.25, 0.3) is 17.5 Å². The number of carbonyl (C=O) groups excluding carboxylic acids is 1. The van der Waals surface area contributed by atoms with Gasteiger partial charge in [0.2, 0.25) is 5.16 Å². The first kappa shape index (κ1) is 36.2.